The van der Waals surface area contributed by atoms with Gasteiger partial charge in [-0.3, -0.25) is 4.79 Å². The molecule has 3 rings (SSSR count). The Morgan fingerprint density at radius 2 is 1.72 bits per heavy atom. The first-order valence-electron chi connectivity index (χ1n) is 9.23. The number of hydrogen-bond acceptors (Lipinski definition) is 6. The number of anilines is 3. The van der Waals surface area contributed by atoms with E-state index in [2.05, 4.69) is 20.6 Å². The van der Waals surface area contributed by atoms with Gasteiger partial charge in [-0.25, -0.2) is 14.8 Å². The fourth-order valence-corrected chi connectivity index (χ4v) is 2.67. The largest absolute Gasteiger partial charge is 0.462 e. The molecule has 0 atom stereocenters. The van der Waals surface area contributed by atoms with E-state index in [9.17, 15) is 9.59 Å². The number of esters is 1. The lowest BCUT2D eigenvalue weighted by Crippen LogP contribution is -2.16. The number of aromatic nitrogens is 2. The number of amides is 1. The van der Waals surface area contributed by atoms with Crippen LogP contribution in [-0.4, -0.2) is 28.5 Å². The Hall–Kier alpha value is -3.74. The molecule has 29 heavy (non-hydrogen) atoms. The minimum Gasteiger partial charge on any atom is -0.462 e. The molecule has 1 aromatic heterocycles. The molecular formula is C22H22N4O3. The second-order valence-electron chi connectivity index (χ2n) is 6.41. The molecule has 0 bridgehead atoms. The number of para-hydroxylation sites is 1. The SMILES string of the molecule is CCOC(=O)c1ccc(Nc2nc(C)cc(C(=O)Nc3ccccc3C)n2)cc1. The standard InChI is InChI=1S/C22H22N4O3/c1-4-29-21(28)16-9-11-17(12-10-16)24-22-23-15(3)13-19(26-22)20(27)25-18-8-6-5-7-14(18)2/h5-13H,4H2,1-3H3,(H,25,27)(H,23,24,26). The van der Waals surface area contributed by atoms with Gasteiger partial charge < -0.3 is 15.4 Å². The molecule has 0 radical (unpaired) electrons. The van der Waals surface area contributed by atoms with Crippen LogP contribution in [0.15, 0.2) is 54.6 Å². The van der Waals surface area contributed by atoms with Gasteiger partial charge in [0.1, 0.15) is 5.69 Å². The minimum atomic E-state index is -0.374. The third-order valence-electron chi connectivity index (χ3n) is 4.13. The molecule has 0 aliphatic rings. The van der Waals surface area contributed by atoms with Crippen LogP contribution >= 0.6 is 0 Å². The van der Waals surface area contributed by atoms with E-state index in [4.69, 9.17) is 4.74 Å². The summed E-state index contributed by atoms with van der Waals surface area (Å²) in [4.78, 5) is 33.0. The van der Waals surface area contributed by atoms with Crippen LogP contribution < -0.4 is 10.6 Å². The summed E-state index contributed by atoms with van der Waals surface area (Å²) in [5, 5.41) is 5.93. The van der Waals surface area contributed by atoms with Crippen LogP contribution in [-0.2, 0) is 4.74 Å². The van der Waals surface area contributed by atoms with Crippen molar-refractivity contribution in [3.05, 3.63) is 77.1 Å². The highest BCUT2D eigenvalue weighted by Gasteiger charge is 2.12. The van der Waals surface area contributed by atoms with E-state index in [1.165, 1.54) is 0 Å². The quantitative estimate of drug-likeness (QED) is 0.611. The van der Waals surface area contributed by atoms with E-state index in [-0.39, 0.29) is 17.6 Å². The monoisotopic (exact) mass is 390 g/mol. The zero-order valence-corrected chi connectivity index (χ0v) is 16.5. The van der Waals surface area contributed by atoms with Crippen molar-refractivity contribution in [1.29, 1.82) is 0 Å². The molecular weight excluding hydrogens is 368 g/mol. The third kappa shape index (κ3) is 5.16. The van der Waals surface area contributed by atoms with Gasteiger partial charge in [-0.05, 0) is 62.7 Å². The Kier molecular flexibility index (Phi) is 6.19. The fourth-order valence-electron chi connectivity index (χ4n) is 2.67. The van der Waals surface area contributed by atoms with Gasteiger partial charge in [0.2, 0.25) is 5.95 Å². The second-order valence-corrected chi connectivity index (χ2v) is 6.41. The van der Waals surface area contributed by atoms with Crippen LogP contribution in [0.3, 0.4) is 0 Å². The predicted octanol–water partition coefficient (Wildman–Crippen LogP) is 4.27. The van der Waals surface area contributed by atoms with Crippen LogP contribution in [0, 0.1) is 13.8 Å². The van der Waals surface area contributed by atoms with Crippen LogP contribution in [0.2, 0.25) is 0 Å². The number of carbonyl (C=O) groups is 2. The number of nitrogens with zero attached hydrogens (tertiary/aromatic N) is 2. The number of benzene rings is 2. The van der Waals surface area contributed by atoms with Gasteiger partial charge in [-0.15, -0.1) is 0 Å². The number of nitrogens with one attached hydrogen (secondary N) is 2. The summed E-state index contributed by atoms with van der Waals surface area (Å²) in [6.45, 7) is 5.80. The topological polar surface area (TPSA) is 93.2 Å². The molecule has 3 aromatic rings. The lowest BCUT2D eigenvalue weighted by atomic mass is 10.2. The zero-order valence-electron chi connectivity index (χ0n) is 16.5. The van der Waals surface area contributed by atoms with Gasteiger partial charge in [0.15, 0.2) is 0 Å². The maximum absolute atomic E-state index is 12.6. The van der Waals surface area contributed by atoms with Gasteiger partial charge in [-0.1, -0.05) is 18.2 Å². The second kappa shape index (κ2) is 8.97. The molecule has 0 saturated carbocycles. The smallest absolute Gasteiger partial charge is 0.338 e. The molecule has 7 nitrogen and oxygen atoms in total. The first kappa shape index (κ1) is 20.0. The summed E-state index contributed by atoms with van der Waals surface area (Å²) in [7, 11) is 0. The third-order valence-corrected chi connectivity index (χ3v) is 4.13. The van der Waals surface area contributed by atoms with E-state index in [1.807, 2.05) is 31.2 Å². The van der Waals surface area contributed by atoms with Crippen molar-refractivity contribution in [2.75, 3.05) is 17.2 Å². The number of rotatable bonds is 6. The molecule has 148 valence electrons. The summed E-state index contributed by atoms with van der Waals surface area (Å²) < 4.78 is 4.97. The first-order valence-corrected chi connectivity index (χ1v) is 9.23. The zero-order chi connectivity index (χ0) is 20.8. The van der Waals surface area contributed by atoms with E-state index in [0.29, 0.717) is 29.5 Å². The highest BCUT2D eigenvalue weighted by atomic mass is 16.5. The Bertz CT molecular complexity index is 1030. The average molecular weight is 390 g/mol. The summed E-state index contributed by atoms with van der Waals surface area (Å²) >= 11 is 0. The van der Waals surface area contributed by atoms with Crippen molar-refractivity contribution < 1.29 is 14.3 Å². The Balaban J connectivity index is 1.76. The van der Waals surface area contributed by atoms with Gasteiger partial charge in [0.25, 0.3) is 5.91 Å². The molecule has 0 saturated heterocycles. The van der Waals surface area contributed by atoms with Crippen molar-refractivity contribution in [2.24, 2.45) is 0 Å². The van der Waals surface area contributed by atoms with E-state index < -0.39 is 0 Å². The van der Waals surface area contributed by atoms with Crippen LogP contribution in [0.5, 0.6) is 0 Å². The summed E-state index contributed by atoms with van der Waals surface area (Å²) in [6.07, 6.45) is 0. The molecule has 0 spiro atoms. The van der Waals surface area contributed by atoms with Crippen molar-refractivity contribution in [3.8, 4) is 0 Å². The molecule has 2 aromatic carbocycles. The number of aryl methyl sites for hydroxylation is 2. The van der Waals surface area contributed by atoms with Gasteiger partial charge in [-0.2, -0.15) is 0 Å². The van der Waals surface area contributed by atoms with Gasteiger partial charge >= 0.3 is 5.97 Å². The number of hydrogen-bond donors (Lipinski definition) is 2. The van der Waals surface area contributed by atoms with Crippen LogP contribution in [0.25, 0.3) is 0 Å². The summed E-state index contributed by atoms with van der Waals surface area (Å²) in [5.74, 6) is -0.393. The molecule has 7 heteroatoms. The molecule has 0 unspecified atom stereocenters. The van der Waals surface area contributed by atoms with Crippen molar-refractivity contribution in [3.63, 3.8) is 0 Å². The molecule has 0 fully saturated rings. The van der Waals surface area contributed by atoms with Crippen molar-refractivity contribution in [1.82, 2.24) is 9.97 Å². The molecule has 0 aliphatic carbocycles. The highest BCUT2D eigenvalue weighted by Crippen LogP contribution is 2.17. The van der Waals surface area contributed by atoms with E-state index >= 15 is 0 Å². The lowest BCUT2D eigenvalue weighted by molar-refractivity contribution is 0.0526. The molecule has 2 N–H and O–H groups in total. The maximum Gasteiger partial charge on any atom is 0.338 e. The van der Waals surface area contributed by atoms with Crippen molar-refractivity contribution in [2.45, 2.75) is 20.8 Å². The Morgan fingerprint density at radius 1 is 1.00 bits per heavy atom. The van der Waals surface area contributed by atoms with E-state index in [0.717, 1.165) is 11.3 Å². The van der Waals surface area contributed by atoms with Gasteiger partial charge in [0.05, 0.1) is 12.2 Å². The molecule has 0 aliphatic heterocycles. The van der Waals surface area contributed by atoms with Crippen molar-refractivity contribution >= 4 is 29.2 Å². The highest BCUT2D eigenvalue weighted by molar-refractivity contribution is 6.03. The van der Waals surface area contributed by atoms with Crippen LogP contribution in [0.1, 0.15) is 39.0 Å². The summed E-state index contributed by atoms with van der Waals surface area (Å²) in [5.41, 5.74) is 3.76. The molecule has 1 amide bonds. The number of ether oxygens (including phenoxy) is 1. The van der Waals surface area contributed by atoms with E-state index in [1.54, 1.807) is 44.2 Å². The Labute approximate surface area is 169 Å². The fraction of sp³-hybridized carbons (Fsp3) is 0.182. The Morgan fingerprint density at radius 3 is 2.41 bits per heavy atom. The van der Waals surface area contributed by atoms with Gasteiger partial charge in [0, 0.05) is 17.1 Å². The first-order chi connectivity index (χ1) is 14.0. The number of carbonyl (C=O) groups excluding carboxylic acids is 2. The summed E-state index contributed by atoms with van der Waals surface area (Å²) in [6, 6.07) is 15.9. The predicted molar refractivity (Wildman–Crippen MR) is 112 cm³/mol. The maximum atomic E-state index is 12.6. The average Bonchev–Trinajstić information content (AvgIpc) is 2.70. The normalized spacial score (nSPS) is 10.3. The van der Waals surface area contributed by atoms with Crippen LogP contribution in [0.4, 0.5) is 17.3 Å². The lowest BCUT2D eigenvalue weighted by Gasteiger charge is -2.10. The minimum absolute atomic E-state index is 0.256. The molecule has 1 heterocycles.